The van der Waals surface area contributed by atoms with E-state index in [1.54, 1.807) is 25.1 Å². The molecule has 2 rings (SSSR count). The minimum absolute atomic E-state index is 0.0425. The molecule has 1 N–H and O–H groups in total. The second kappa shape index (κ2) is 3.59. The monoisotopic (exact) mass is 224 g/mol. The van der Waals surface area contributed by atoms with Crippen molar-refractivity contribution in [2.75, 3.05) is 0 Å². The number of halogens is 1. The molecule has 0 unspecified atom stereocenters. The van der Waals surface area contributed by atoms with Crippen molar-refractivity contribution >= 4 is 28.5 Å². The van der Waals surface area contributed by atoms with Crippen LogP contribution in [0.1, 0.15) is 11.3 Å². The number of aliphatic carboxylic acids is 1. The van der Waals surface area contributed by atoms with E-state index in [-0.39, 0.29) is 6.42 Å². The van der Waals surface area contributed by atoms with Crippen LogP contribution in [0.4, 0.5) is 0 Å². The lowest BCUT2D eigenvalue weighted by Crippen LogP contribution is -2.00. The van der Waals surface area contributed by atoms with Crippen LogP contribution in [-0.2, 0) is 11.2 Å². The maximum absolute atomic E-state index is 10.7. The van der Waals surface area contributed by atoms with Gasteiger partial charge in [0.2, 0.25) is 0 Å². The van der Waals surface area contributed by atoms with E-state index in [0.717, 1.165) is 5.39 Å². The van der Waals surface area contributed by atoms with Gasteiger partial charge in [-0.3, -0.25) is 4.79 Å². The van der Waals surface area contributed by atoms with Crippen molar-refractivity contribution in [1.82, 2.24) is 0 Å². The zero-order chi connectivity index (χ0) is 11.0. The van der Waals surface area contributed by atoms with Crippen LogP contribution in [0.25, 0.3) is 11.0 Å². The fraction of sp³-hybridized carbons (Fsp3) is 0.182. The molecule has 0 spiro atoms. The molecule has 78 valence electrons. The van der Waals surface area contributed by atoms with Gasteiger partial charge in [0.1, 0.15) is 11.3 Å². The van der Waals surface area contributed by atoms with Crippen molar-refractivity contribution in [3.63, 3.8) is 0 Å². The van der Waals surface area contributed by atoms with E-state index in [4.69, 9.17) is 21.1 Å². The number of benzene rings is 1. The molecule has 0 saturated carbocycles. The fourth-order valence-electron chi connectivity index (χ4n) is 1.61. The van der Waals surface area contributed by atoms with Crippen LogP contribution < -0.4 is 0 Å². The number of hydrogen-bond donors (Lipinski definition) is 1. The van der Waals surface area contributed by atoms with Crippen molar-refractivity contribution in [1.29, 1.82) is 0 Å². The number of carboxylic acid groups (broad SMARTS) is 1. The summed E-state index contributed by atoms with van der Waals surface area (Å²) in [5, 5.41) is 10.1. The van der Waals surface area contributed by atoms with Gasteiger partial charge in [0, 0.05) is 16.0 Å². The van der Waals surface area contributed by atoms with Crippen molar-refractivity contribution in [2.24, 2.45) is 0 Å². The smallest absolute Gasteiger partial charge is 0.307 e. The van der Waals surface area contributed by atoms with E-state index in [1.807, 2.05) is 0 Å². The minimum Gasteiger partial charge on any atom is -0.481 e. The first-order valence-electron chi connectivity index (χ1n) is 4.47. The summed E-state index contributed by atoms with van der Waals surface area (Å²) in [6, 6.07) is 5.19. The molecule has 0 aliphatic heterocycles. The molecule has 0 aliphatic carbocycles. The van der Waals surface area contributed by atoms with Gasteiger partial charge in [0.15, 0.2) is 0 Å². The first kappa shape index (κ1) is 10.1. The highest BCUT2D eigenvalue weighted by atomic mass is 35.5. The van der Waals surface area contributed by atoms with Crippen LogP contribution in [0, 0.1) is 6.92 Å². The predicted molar refractivity (Wildman–Crippen MR) is 57.3 cm³/mol. The van der Waals surface area contributed by atoms with Gasteiger partial charge in [0.05, 0.1) is 6.42 Å². The van der Waals surface area contributed by atoms with Crippen LogP contribution in [0.5, 0.6) is 0 Å². The summed E-state index contributed by atoms with van der Waals surface area (Å²) in [5.74, 6) is -0.240. The number of carbonyl (C=O) groups is 1. The quantitative estimate of drug-likeness (QED) is 0.853. The third-order valence-corrected chi connectivity index (χ3v) is 2.52. The highest BCUT2D eigenvalue weighted by molar-refractivity contribution is 6.31. The molecule has 1 heterocycles. The second-order valence-electron chi connectivity index (χ2n) is 3.35. The van der Waals surface area contributed by atoms with Crippen LogP contribution in [0.15, 0.2) is 22.6 Å². The normalized spacial score (nSPS) is 10.8. The SMILES string of the molecule is Cc1oc2ccc(Cl)cc2c1CC(=O)O. The Morgan fingerprint density at radius 3 is 2.93 bits per heavy atom. The number of rotatable bonds is 2. The van der Waals surface area contributed by atoms with Gasteiger partial charge in [-0.15, -0.1) is 0 Å². The summed E-state index contributed by atoms with van der Waals surface area (Å²) >= 11 is 5.85. The predicted octanol–water partition coefficient (Wildman–Crippen LogP) is 3.02. The third-order valence-electron chi connectivity index (χ3n) is 2.28. The lowest BCUT2D eigenvalue weighted by molar-refractivity contribution is -0.136. The van der Waals surface area contributed by atoms with Crippen molar-refractivity contribution in [2.45, 2.75) is 13.3 Å². The fourth-order valence-corrected chi connectivity index (χ4v) is 1.79. The van der Waals surface area contributed by atoms with Gasteiger partial charge in [-0.2, -0.15) is 0 Å². The maximum Gasteiger partial charge on any atom is 0.307 e. The summed E-state index contributed by atoms with van der Waals surface area (Å²) in [6.45, 7) is 1.76. The first-order chi connectivity index (χ1) is 7.08. The zero-order valence-corrected chi connectivity index (χ0v) is 8.84. The van der Waals surface area contributed by atoms with E-state index < -0.39 is 5.97 Å². The molecule has 3 nitrogen and oxygen atoms in total. The molecule has 15 heavy (non-hydrogen) atoms. The van der Waals surface area contributed by atoms with Gasteiger partial charge in [-0.05, 0) is 25.1 Å². The number of fused-ring (bicyclic) bond motifs is 1. The van der Waals surface area contributed by atoms with Crippen LogP contribution in [0.3, 0.4) is 0 Å². The molecule has 2 aromatic rings. The largest absolute Gasteiger partial charge is 0.481 e. The molecule has 0 fully saturated rings. The third kappa shape index (κ3) is 1.83. The summed E-state index contributed by atoms with van der Waals surface area (Å²) < 4.78 is 5.43. The van der Waals surface area contributed by atoms with Gasteiger partial charge in [0.25, 0.3) is 0 Å². The molecule has 1 aromatic heterocycles. The molecule has 0 aliphatic rings. The Hall–Kier alpha value is -1.48. The lowest BCUT2D eigenvalue weighted by Gasteiger charge is -1.95. The lowest BCUT2D eigenvalue weighted by atomic mass is 10.1. The minimum atomic E-state index is -0.874. The van der Waals surface area contributed by atoms with Crippen molar-refractivity contribution < 1.29 is 14.3 Å². The topological polar surface area (TPSA) is 50.4 Å². The summed E-state index contributed by atoms with van der Waals surface area (Å²) in [4.78, 5) is 10.7. The molecule has 0 bridgehead atoms. The number of aryl methyl sites for hydroxylation is 1. The molecule has 0 amide bonds. The van der Waals surface area contributed by atoms with Gasteiger partial charge >= 0.3 is 5.97 Å². The standard InChI is InChI=1S/C11H9ClO3/c1-6-8(5-11(13)14)9-4-7(12)2-3-10(9)15-6/h2-4H,5H2,1H3,(H,13,14). The van der Waals surface area contributed by atoms with Crippen LogP contribution in [0.2, 0.25) is 5.02 Å². The van der Waals surface area contributed by atoms with Gasteiger partial charge in [-0.25, -0.2) is 0 Å². The highest BCUT2D eigenvalue weighted by Crippen LogP contribution is 2.28. The van der Waals surface area contributed by atoms with E-state index in [2.05, 4.69) is 0 Å². The molecule has 0 atom stereocenters. The van der Waals surface area contributed by atoms with E-state index in [1.165, 1.54) is 0 Å². The average Bonchev–Trinajstić information content (AvgIpc) is 2.43. The molecular formula is C11H9ClO3. The van der Waals surface area contributed by atoms with Crippen molar-refractivity contribution in [3.8, 4) is 0 Å². The average molecular weight is 225 g/mol. The van der Waals surface area contributed by atoms with Crippen LogP contribution >= 0.6 is 11.6 Å². The molecule has 0 radical (unpaired) electrons. The van der Waals surface area contributed by atoms with E-state index in [9.17, 15) is 4.79 Å². The maximum atomic E-state index is 10.7. The number of hydrogen-bond acceptors (Lipinski definition) is 2. The number of furan rings is 1. The molecule has 4 heteroatoms. The second-order valence-corrected chi connectivity index (χ2v) is 3.78. The molecule has 0 saturated heterocycles. The summed E-state index contributed by atoms with van der Waals surface area (Å²) in [7, 11) is 0. The first-order valence-corrected chi connectivity index (χ1v) is 4.85. The Bertz CT molecular complexity index is 528. The molecular weight excluding hydrogens is 216 g/mol. The zero-order valence-electron chi connectivity index (χ0n) is 8.08. The Morgan fingerprint density at radius 2 is 2.27 bits per heavy atom. The molecule has 1 aromatic carbocycles. The highest BCUT2D eigenvalue weighted by Gasteiger charge is 2.13. The van der Waals surface area contributed by atoms with Gasteiger partial charge < -0.3 is 9.52 Å². The van der Waals surface area contributed by atoms with E-state index >= 15 is 0 Å². The number of carboxylic acids is 1. The summed E-state index contributed by atoms with van der Waals surface area (Å²) in [5.41, 5.74) is 1.37. The Balaban J connectivity index is 2.65. The Labute approximate surface area is 91.3 Å². The van der Waals surface area contributed by atoms with E-state index in [0.29, 0.717) is 21.9 Å². The van der Waals surface area contributed by atoms with Crippen LogP contribution in [-0.4, -0.2) is 11.1 Å². The van der Waals surface area contributed by atoms with Crippen molar-refractivity contribution in [3.05, 3.63) is 34.5 Å². The Kier molecular flexibility index (Phi) is 2.40. The summed E-state index contributed by atoms with van der Waals surface area (Å²) in [6.07, 6.45) is -0.0425. The van der Waals surface area contributed by atoms with Gasteiger partial charge in [-0.1, -0.05) is 11.6 Å². The Morgan fingerprint density at radius 1 is 1.53 bits per heavy atom.